The van der Waals surface area contributed by atoms with Crippen LogP contribution in [0.1, 0.15) is 39.5 Å². The molecule has 0 bridgehead atoms. The molecule has 2 rings (SSSR count). The van der Waals surface area contributed by atoms with Crippen molar-refractivity contribution in [2.45, 2.75) is 75.9 Å². The molecule has 0 saturated carbocycles. The van der Waals surface area contributed by atoms with Crippen molar-refractivity contribution >= 4 is 17.4 Å². The summed E-state index contributed by atoms with van der Waals surface area (Å²) in [4.78, 5) is 0. The molecule has 17 heavy (non-hydrogen) atoms. The summed E-state index contributed by atoms with van der Waals surface area (Å²) in [6.45, 7) is 8.20. The average molecular weight is 273 g/mol. The fourth-order valence-corrected chi connectivity index (χ4v) is 11.5. The van der Waals surface area contributed by atoms with Crippen LogP contribution in [0.3, 0.4) is 0 Å². The molecule has 2 fully saturated rings. The van der Waals surface area contributed by atoms with Gasteiger partial charge < -0.3 is 8.85 Å². The highest BCUT2D eigenvalue weighted by Gasteiger charge is 2.40. The van der Waals surface area contributed by atoms with E-state index in [1.807, 2.05) is 0 Å². The Morgan fingerprint density at radius 3 is 2.82 bits per heavy atom. The van der Waals surface area contributed by atoms with Crippen LogP contribution in [0.5, 0.6) is 0 Å². The summed E-state index contributed by atoms with van der Waals surface area (Å²) < 4.78 is 12.4. The van der Waals surface area contributed by atoms with Crippen molar-refractivity contribution in [2.75, 3.05) is 6.61 Å². The van der Waals surface area contributed by atoms with Crippen molar-refractivity contribution in [3.05, 3.63) is 0 Å². The molecule has 2 aliphatic heterocycles. The van der Waals surface area contributed by atoms with Crippen LogP contribution in [0, 0.1) is 0 Å². The molecule has 2 aliphatic rings. The molecule has 2 nitrogen and oxygen atoms in total. The van der Waals surface area contributed by atoms with E-state index in [0.717, 1.165) is 12.1 Å². The van der Waals surface area contributed by atoms with Gasteiger partial charge in [0.25, 0.3) is 0 Å². The number of hydrogen-bond donors (Lipinski definition) is 0. The zero-order chi connectivity index (χ0) is 12.3. The van der Waals surface area contributed by atoms with Gasteiger partial charge in [-0.3, -0.25) is 0 Å². The fraction of sp³-hybridized carbons (Fsp3) is 1.00. The second kappa shape index (κ2) is 6.00. The van der Waals surface area contributed by atoms with Crippen LogP contribution in [-0.4, -0.2) is 30.1 Å². The van der Waals surface area contributed by atoms with Crippen LogP contribution >= 0.6 is 0 Å². The van der Waals surface area contributed by atoms with Crippen molar-refractivity contribution < 1.29 is 8.85 Å². The molecule has 0 aliphatic carbocycles. The van der Waals surface area contributed by atoms with Crippen molar-refractivity contribution in [3.8, 4) is 0 Å². The van der Waals surface area contributed by atoms with Gasteiger partial charge in [-0.15, -0.1) is 0 Å². The quantitative estimate of drug-likeness (QED) is 0.730. The lowest BCUT2D eigenvalue weighted by Gasteiger charge is -2.41. The molecule has 2 saturated heterocycles. The van der Waals surface area contributed by atoms with E-state index < -0.39 is 17.4 Å². The molecule has 0 spiro atoms. The average Bonchev–Trinajstić information content (AvgIpc) is 2.30. The lowest BCUT2D eigenvalue weighted by atomic mass is 10.2. The topological polar surface area (TPSA) is 18.5 Å². The third-order valence-electron chi connectivity index (χ3n) is 4.69. The molecule has 0 aromatic rings. The largest absolute Gasteiger partial charge is 0.420 e. The summed E-state index contributed by atoms with van der Waals surface area (Å²) in [6, 6.07) is 4.15. The van der Waals surface area contributed by atoms with Gasteiger partial charge in [-0.2, -0.15) is 0 Å². The molecule has 4 unspecified atom stereocenters. The van der Waals surface area contributed by atoms with Crippen LogP contribution in [0.2, 0.25) is 30.2 Å². The maximum Gasteiger partial charge on any atom is 0.192 e. The zero-order valence-electron chi connectivity index (χ0n) is 11.7. The predicted molar refractivity (Wildman–Crippen MR) is 77.6 cm³/mol. The summed E-state index contributed by atoms with van der Waals surface area (Å²) in [5.74, 6) is 0. The molecule has 4 atom stereocenters. The molecule has 0 amide bonds. The Morgan fingerprint density at radius 2 is 2.18 bits per heavy atom. The Hall–Kier alpha value is 0.354. The lowest BCUT2D eigenvalue weighted by molar-refractivity contribution is 0.171. The van der Waals surface area contributed by atoms with Crippen LogP contribution in [0.15, 0.2) is 0 Å². The Kier molecular flexibility index (Phi) is 4.86. The second-order valence-electron chi connectivity index (χ2n) is 6.26. The van der Waals surface area contributed by atoms with Crippen LogP contribution in [-0.2, 0) is 8.85 Å². The molecule has 0 N–H and O–H groups in total. The normalized spacial score (nSPS) is 41.1. The van der Waals surface area contributed by atoms with E-state index in [1.54, 1.807) is 0 Å². The van der Waals surface area contributed by atoms with Gasteiger partial charge in [-0.05, 0) is 50.0 Å². The van der Waals surface area contributed by atoms with Crippen molar-refractivity contribution in [1.82, 2.24) is 0 Å². The molecule has 0 radical (unpaired) electrons. The van der Waals surface area contributed by atoms with Crippen LogP contribution in [0.4, 0.5) is 0 Å². The first kappa shape index (κ1) is 13.8. The first-order valence-electron chi connectivity index (χ1n) is 7.39. The van der Waals surface area contributed by atoms with Gasteiger partial charge in [0.2, 0.25) is 0 Å². The Morgan fingerprint density at radius 1 is 1.35 bits per heavy atom. The number of rotatable bonds is 3. The minimum absolute atomic E-state index is 0.511. The van der Waals surface area contributed by atoms with Crippen molar-refractivity contribution in [3.63, 3.8) is 0 Å². The maximum atomic E-state index is 6.38. The van der Waals surface area contributed by atoms with Gasteiger partial charge in [0.15, 0.2) is 17.4 Å². The summed E-state index contributed by atoms with van der Waals surface area (Å²) >= 11 is 0. The van der Waals surface area contributed by atoms with E-state index in [-0.39, 0.29) is 0 Å². The molecule has 0 aromatic carbocycles. The van der Waals surface area contributed by atoms with Crippen LogP contribution in [0.25, 0.3) is 0 Å². The molecule has 4 heteroatoms. The van der Waals surface area contributed by atoms with E-state index in [0.29, 0.717) is 6.10 Å². The van der Waals surface area contributed by atoms with Crippen molar-refractivity contribution in [2.24, 2.45) is 0 Å². The van der Waals surface area contributed by atoms with E-state index >= 15 is 0 Å². The highest BCUT2D eigenvalue weighted by molar-refractivity contribution is 6.75. The van der Waals surface area contributed by atoms with Crippen LogP contribution < -0.4 is 0 Å². The molecular formula is C13H28O2Si2. The lowest BCUT2D eigenvalue weighted by Crippen LogP contribution is -2.46. The Bertz CT molecular complexity index is 244. The highest BCUT2D eigenvalue weighted by atomic mass is 28.4. The predicted octanol–water partition coefficient (Wildman–Crippen LogP) is 3.68. The van der Waals surface area contributed by atoms with E-state index in [4.69, 9.17) is 8.85 Å². The van der Waals surface area contributed by atoms with Crippen molar-refractivity contribution in [1.29, 1.82) is 0 Å². The third-order valence-corrected chi connectivity index (χ3v) is 12.8. The summed E-state index contributed by atoms with van der Waals surface area (Å²) in [7, 11) is -2.30. The van der Waals surface area contributed by atoms with Gasteiger partial charge in [0.1, 0.15) is 0 Å². The second-order valence-corrected chi connectivity index (χ2v) is 13.2. The highest BCUT2D eigenvalue weighted by Crippen LogP contribution is 2.38. The summed E-state index contributed by atoms with van der Waals surface area (Å²) in [6.07, 6.45) is 5.88. The monoisotopic (exact) mass is 272 g/mol. The van der Waals surface area contributed by atoms with Gasteiger partial charge >= 0.3 is 0 Å². The van der Waals surface area contributed by atoms with Gasteiger partial charge in [0.05, 0.1) is 0 Å². The number of hydrogen-bond acceptors (Lipinski definition) is 2. The smallest absolute Gasteiger partial charge is 0.192 e. The standard InChI is InChI=1S/C13H28O2Si2/c1-12-7-6-10-17(3,15-12)13(2)11-16-9-5-4-8-14-16/h12-13,16H,4-11H2,1-3H3. The SMILES string of the molecule is CC1CCC[Si](C)(C(C)C[SiH]2CCCCO2)O1. The third kappa shape index (κ3) is 3.66. The Labute approximate surface area is 109 Å². The fourth-order valence-electron chi connectivity index (χ4n) is 3.32. The molecule has 100 valence electrons. The van der Waals surface area contributed by atoms with E-state index in [2.05, 4.69) is 20.4 Å². The molecule has 0 aromatic heterocycles. The Balaban J connectivity index is 1.86. The van der Waals surface area contributed by atoms with Gasteiger partial charge in [0, 0.05) is 12.7 Å². The van der Waals surface area contributed by atoms with Gasteiger partial charge in [-0.1, -0.05) is 19.8 Å². The minimum atomic E-state index is -1.43. The molecular weight excluding hydrogens is 244 g/mol. The summed E-state index contributed by atoms with van der Waals surface area (Å²) in [5.41, 5.74) is 0.806. The summed E-state index contributed by atoms with van der Waals surface area (Å²) in [5, 5.41) is 0. The first-order valence-corrected chi connectivity index (χ1v) is 12.2. The zero-order valence-corrected chi connectivity index (χ0v) is 13.9. The minimum Gasteiger partial charge on any atom is -0.420 e. The van der Waals surface area contributed by atoms with Gasteiger partial charge in [-0.25, -0.2) is 0 Å². The first-order chi connectivity index (χ1) is 8.10. The molecule has 2 heterocycles. The van der Waals surface area contributed by atoms with E-state index in [9.17, 15) is 0 Å². The van der Waals surface area contributed by atoms with E-state index in [1.165, 1.54) is 43.8 Å². The maximum absolute atomic E-state index is 6.38.